The lowest BCUT2D eigenvalue weighted by Gasteiger charge is -2.12. The highest BCUT2D eigenvalue weighted by atomic mass is 127. The molecule has 0 unspecified atom stereocenters. The predicted molar refractivity (Wildman–Crippen MR) is 163 cm³/mol. The van der Waals surface area contributed by atoms with Gasteiger partial charge in [0.15, 0.2) is 5.70 Å². The third-order valence-electron chi connectivity index (χ3n) is 4.44. The first-order valence-electron chi connectivity index (χ1n) is 9.15. The first-order chi connectivity index (χ1) is 15.3. The van der Waals surface area contributed by atoms with Crippen LogP contribution in [0.2, 0.25) is 0 Å². The number of hydrogen-bond acceptors (Lipinski definition) is 4. The lowest BCUT2D eigenvalue weighted by Crippen LogP contribution is -2.05. The van der Waals surface area contributed by atoms with Gasteiger partial charge in [-0.05, 0) is 154 Å². The number of carbonyl (C=O) groups excluding carboxylic acids is 1. The van der Waals surface area contributed by atoms with Crippen molar-refractivity contribution >= 4 is 124 Å². The summed E-state index contributed by atoms with van der Waals surface area (Å²) in [4.78, 5) is 16.8. The largest absolute Gasteiger partial charge is 0.487 e. The number of ether oxygens (including phenoxy) is 2. The molecule has 0 saturated heterocycles. The van der Waals surface area contributed by atoms with Crippen LogP contribution in [0.25, 0.3) is 6.08 Å². The van der Waals surface area contributed by atoms with Crippen molar-refractivity contribution in [1.82, 2.24) is 0 Å². The standard InChI is InChI=1S/C23H12BrI4NO3/c24-15-10-13(5-6-17(15)26)22-29-20(23(30)32-22)9-12-7-18(27)21(19(28)8-12)31-11-14-3-1-2-4-16(14)25/h1-10H,11H2/b20-9-. The second kappa shape index (κ2) is 11.0. The third kappa shape index (κ3) is 5.86. The summed E-state index contributed by atoms with van der Waals surface area (Å²) in [6, 6.07) is 17.8. The van der Waals surface area contributed by atoms with Crippen LogP contribution < -0.4 is 4.74 Å². The number of benzene rings is 3. The fraction of sp³-hybridized carbons (Fsp3) is 0.0435. The molecule has 1 aliphatic rings. The second-order valence-corrected chi connectivity index (χ2v) is 12.2. The van der Waals surface area contributed by atoms with Gasteiger partial charge >= 0.3 is 5.97 Å². The minimum atomic E-state index is -0.460. The zero-order valence-corrected chi connectivity index (χ0v) is 26.3. The Labute approximate surface area is 248 Å². The van der Waals surface area contributed by atoms with Gasteiger partial charge in [0, 0.05) is 22.7 Å². The molecule has 32 heavy (non-hydrogen) atoms. The first-order valence-corrected chi connectivity index (χ1v) is 14.3. The van der Waals surface area contributed by atoms with E-state index in [0.717, 1.165) is 37.6 Å². The van der Waals surface area contributed by atoms with Gasteiger partial charge in [0.2, 0.25) is 5.90 Å². The highest BCUT2D eigenvalue weighted by Gasteiger charge is 2.25. The van der Waals surface area contributed by atoms with Crippen LogP contribution in [0.4, 0.5) is 0 Å². The van der Waals surface area contributed by atoms with Crippen molar-refractivity contribution < 1.29 is 14.3 Å². The van der Waals surface area contributed by atoms with Crippen LogP contribution in [0.15, 0.2) is 69.8 Å². The molecule has 0 spiro atoms. The zero-order chi connectivity index (χ0) is 22.8. The lowest BCUT2D eigenvalue weighted by atomic mass is 10.2. The molecule has 162 valence electrons. The minimum absolute atomic E-state index is 0.272. The van der Waals surface area contributed by atoms with Crippen molar-refractivity contribution in [3.63, 3.8) is 0 Å². The maximum atomic E-state index is 12.4. The molecule has 3 aromatic carbocycles. The Morgan fingerprint density at radius 2 is 1.66 bits per heavy atom. The molecule has 1 aliphatic heterocycles. The number of carbonyl (C=O) groups is 1. The molecule has 1 heterocycles. The van der Waals surface area contributed by atoms with E-state index in [0.29, 0.717) is 12.5 Å². The van der Waals surface area contributed by atoms with Crippen molar-refractivity contribution in [1.29, 1.82) is 0 Å². The van der Waals surface area contributed by atoms with Crippen LogP contribution >= 0.6 is 106 Å². The van der Waals surface area contributed by atoms with Gasteiger partial charge in [0.05, 0.1) is 7.14 Å². The Balaban J connectivity index is 1.57. The Kier molecular flexibility index (Phi) is 8.53. The summed E-state index contributed by atoms with van der Waals surface area (Å²) in [5.41, 5.74) is 3.02. The van der Waals surface area contributed by atoms with E-state index in [1.807, 2.05) is 42.5 Å². The second-order valence-electron chi connectivity index (χ2n) is 6.66. The number of cyclic esters (lactones) is 1. The zero-order valence-electron chi connectivity index (χ0n) is 16.0. The summed E-state index contributed by atoms with van der Waals surface area (Å²) in [6.07, 6.45) is 1.74. The molecular weight excluding hydrogens is 926 g/mol. The van der Waals surface area contributed by atoms with Crippen LogP contribution in [-0.2, 0) is 16.1 Å². The van der Waals surface area contributed by atoms with Crippen LogP contribution in [-0.4, -0.2) is 11.9 Å². The normalized spacial score (nSPS) is 14.5. The Hall–Kier alpha value is -0.260. The molecule has 0 aliphatic carbocycles. The molecule has 0 fully saturated rings. The van der Waals surface area contributed by atoms with Crippen molar-refractivity contribution in [2.24, 2.45) is 4.99 Å². The highest BCUT2D eigenvalue weighted by Crippen LogP contribution is 2.32. The molecule has 0 saturated carbocycles. The quantitative estimate of drug-likeness (QED) is 0.149. The van der Waals surface area contributed by atoms with Crippen LogP contribution in [0.5, 0.6) is 5.75 Å². The fourth-order valence-electron chi connectivity index (χ4n) is 2.89. The van der Waals surface area contributed by atoms with Gasteiger partial charge in [0.25, 0.3) is 0 Å². The molecule has 4 rings (SSSR count). The molecule has 0 aromatic heterocycles. The molecule has 0 N–H and O–H groups in total. The number of nitrogens with zero attached hydrogens (tertiary/aromatic N) is 1. The average molecular weight is 938 g/mol. The van der Waals surface area contributed by atoms with Gasteiger partial charge in [-0.15, -0.1) is 0 Å². The molecule has 4 nitrogen and oxygen atoms in total. The number of halogens is 5. The SMILES string of the molecule is O=C1OC(c2ccc(I)c(Br)c2)=N/C1=C\c1cc(I)c(OCc2ccccc2I)c(I)c1. The van der Waals surface area contributed by atoms with E-state index >= 15 is 0 Å². The lowest BCUT2D eigenvalue weighted by molar-refractivity contribution is -0.129. The van der Waals surface area contributed by atoms with Crippen LogP contribution in [0.1, 0.15) is 16.7 Å². The molecule has 9 heteroatoms. The summed E-state index contributed by atoms with van der Waals surface area (Å²) in [6.45, 7) is 0.497. The van der Waals surface area contributed by atoms with Gasteiger partial charge in [-0.3, -0.25) is 0 Å². The number of aliphatic imine (C=N–C) groups is 1. The monoisotopic (exact) mass is 937 g/mol. The summed E-state index contributed by atoms with van der Waals surface area (Å²) in [7, 11) is 0. The smallest absolute Gasteiger partial charge is 0.363 e. The number of hydrogen-bond donors (Lipinski definition) is 0. The fourth-order valence-corrected chi connectivity index (χ4v) is 6.27. The van der Waals surface area contributed by atoms with E-state index in [9.17, 15) is 4.79 Å². The summed E-state index contributed by atoms with van der Waals surface area (Å²) < 4.78 is 16.6. The van der Waals surface area contributed by atoms with Gasteiger partial charge < -0.3 is 9.47 Å². The van der Waals surface area contributed by atoms with Gasteiger partial charge in [-0.2, -0.15) is 0 Å². The molecule has 0 bridgehead atoms. The molecule has 0 radical (unpaired) electrons. The van der Waals surface area contributed by atoms with Crippen molar-refractivity contribution in [3.05, 3.63) is 95.7 Å². The van der Waals surface area contributed by atoms with Crippen molar-refractivity contribution in [3.8, 4) is 5.75 Å². The molecular formula is C23H12BrI4NO3. The maximum absolute atomic E-state index is 12.4. The van der Waals surface area contributed by atoms with Crippen LogP contribution in [0.3, 0.4) is 0 Å². The van der Waals surface area contributed by atoms with E-state index in [-0.39, 0.29) is 5.70 Å². The van der Waals surface area contributed by atoms with E-state index in [2.05, 4.69) is 123 Å². The molecule has 0 atom stereocenters. The van der Waals surface area contributed by atoms with E-state index < -0.39 is 5.97 Å². The maximum Gasteiger partial charge on any atom is 0.363 e. The predicted octanol–water partition coefficient (Wildman–Crippen LogP) is 7.79. The summed E-state index contributed by atoms with van der Waals surface area (Å²) in [5, 5.41) is 0. The number of rotatable bonds is 5. The van der Waals surface area contributed by atoms with E-state index in [4.69, 9.17) is 9.47 Å². The molecule has 0 amide bonds. The van der Waals surface area contributed by atoms with E-state index in [1.165, 1.54) is 3.57 Å². The minimum Gasteiger partial charge on any atom is -0.487 e. The van der Waals surface area contributed by atoms with E-state index in [1.54, 1.807) is 6.08 Å². The van der Waals surface area contributed by atoms with Crippen molar-refractivity contribution in [2.45, 2.75) is 6.61 Å². The summed E-state index contributed by atoms with van der Waals surface area (Å²) >= 11 is 12.6. The van der Waals surface area contributed by atoms with Gasteiger partial charge in [-0.1, -0.05) is 18.2 Å². The first kappa shape index (κ1) is 24.9. The average Bonchev–Trinajstić information content (AvgIpc) is 3.11. The highest BCUT2D eigenvalue weighted by molar-refractivity contribution is 14.1. The number of esters is 1. The van der Waals surface area contributed by atoms with Gasteiger partial charge in [0.1, 0.15) is 12.4 Å². The molecule has 3 aromatic rings. The summed E-state index contributed by atoms with van der Waals surface area (Å²) in [5.74, 6) is 0.675. The third-order valence-corrected chi connectivity index (χ3v) is 9.43. The van der Waals surface area contributed by atoms with Gasteiger partial charge in [-0.25, -0.2) is 9.79 Å². The Bertz CT molecular complexity index is 1270. The Morgan fingerprint density at radius 1 is 0.938 bits per heavy atom. The van der Waals surface area contributed by atoms with Crippen molar-refractivity contribution in [2.75, 3.05) is 0 Å². The van der Waals surface area contributed by atoms with Crippen LogP contribution in [0, 0.1) is 14.3 Å². The Morgan fingerprint density at radius 3 is 2.34 bits per heavy atom. The topological polar surface area (TPSA) is 47.9 Å².